The fourth-order valence-electron chi connectivity index (χ4n) is 8.11. The number of methoxy groups -OCH3 is 2. The van der Waals surface area contributed by atoms with Gasteiger partial charge in [0.2, 0.25) is 0 Å². The normalized spacial score (nSPS) is 13.9. The molecule has 1 saturated carbocycles. The summed E-state index contributed by atoms with van der Waals surface area (Å²) in [5.41, 5.74) is 5.06. The number of benzene rings is 4. The predicted molar refractivity (Wildman–Crippen MR) is 232 cm³/mol. The third-order valence-corrected chi connectivity index (χ3v) is 18.2. The molecule has 0 unspecified atom stereocenters. The molecule has 0 aromatic heterocycles. The van der Waals surface area contributed by atoms with Gasteiger partial charge in [-0.25, -0.2) is 0 Å². The predicted octanol–water partition coefficient (Wildman–Crippen LogP) is 11.9. The smallest absolute Gasteiger partial charge is 0.308 e. The van der Waals surface area contributed by atoms with Gasteiger partial charge < -0.3 is 23.1 Å². The Hall–Kier alpha value is -4.19. The first kappa shape index (κ1) is 44.5. The summed E-state index contributed by atoms with van der Waals surface area (Å²) in [5.74, 6) is 2.61. The van der Waals surface area contributed by atoms with Crippen LogP contribution < -0.4 is 18.9 Å². The van der Waals surface area contributed by atoms with Crippen LogP contribution in [0.1, 0.15) is 87.5 Å². The Balaban J connectivity index is 0.000000258. The largest absolute Gasteiger partial charge is 0.497 e. The molecule has 302 valence electrons. The maximum atomic E-state index is 11.3. The molecule has 4 aromatic rings. The van der Waals surface area contributed by atoms with E-state index < -0.39 is 16.6 Å². The average Bonchev–Trinajstić information content (AvgIpc) is 3.17. The number of para-hydroxylation sites is 2. The van der Waals surface area contributed by atoms with Crippen molar-refractivity contribution < 1.29 is 32.7 Å². The number of carbonyl (C=O) groups excluding carboxylic acids is 2. The molecule has 0 heterocycles. The minimum absolute atomic E-state index is 0.0409. The molecular formula is C47H64O7Si2. The van der Waals surface area contributed by atoms with E-state index in [2.05, 4.69) is 62.6 Å². The van der Waals surface area contributed by atoms with Crippen LogP contribution in [0.2, 0.25) is 38.3 Å². The van der Waals surface area contributed by atoms with Gasteiger partial charge in [-0.15, -0.1) is 0 Å². The van der Waals surface area contributed by atoms with E-state index in [4.69, 9.17) is 23.1 Å². The minimum Gasteiger partial charge on any atom is -0.497 e. The van der Waals surface area contributed by atoms with Gasteiger partial charge in [-0.1, -0.05) is 86.3 Å². The SMILES string of the molecule is COc1ccc(C2(c3ccc(OC(C)=O)cc3)CCCCC2)cc1.COc1ccccc1CCCC[Si](C)(C)O[Si](C)(C)CCCc1ccccc1OC(C)=O. The molecule has 0 atom stereocenters. The van der Waals surface area contributed by atoms with Crippen LogP contribution in [0.3, 0.4) is 0 Å². The number of rotatable bonds is 17. The van der Waals surface area contributed by atoms with E-state index in [1.165, 1.54) is 62.3 Å². The molecule has 4 aromatic carbocycles. The van der Waals surface area contributed by atoms with Gasteiger partial charge in [0.05, 0.1) is 14.2 Å². The van der Waals surface area contributed by atoms with Crippen molar-refractivity contribution in [3.8, 4) is 23.0 Å². The van der Waals surface area contributed by atoms with Gasteiger partial charge in [0, 0.05) is 19.3 Å². The molecule has 0 bridgehead atoms. The maximum absolute atomic E-state index is 11.3. The van der Waals surface area contributed by atoms with E-state index in [9.17, 15) is 9.59 Å². The number of esters is 2. The highest BCUT2D eigenvalue weighted by Crippen LogP contribution is 2.45. The van der Waals surface area contributed by atoms with Crippen LogP contribution in [0.4, 0.5) is 0 Å². The van der Waals surface area contributed by atoms with Crippen molar-refractivity contribution in [1.82, 2.24) is 0 Å². The monoisotopic (exact) mass is 796 g/mol. The van der Waals surface area contributed by atoms with Crippen LogP contribution >= 0.6 is 0 Å². The molecule has 0 aliphatic heterocycles. The lowest BCUT2D eigenvalue weighted by molar-refractivity contribution is -0.132. The minimum atomic E-state index is -1.75. The molecule has 9 heteroatoms. The molecule has 7 nitrogen and oxygen atoms in total. The summed E-state index contributed by atoms with van der Waals surface area (Å²) in [7, 11) is -0.0125. The van der Waals surface area contributed by atoms with E-state index in [0.717, 1.165) is 61.6 Å². The lowest BCUT2D eigenvalue weighted by Gasteiger charge is -2.38. The van der Waals surface area contributed by atoms with Gasteiger partial charge in [-0.2, -0.15) is 0 Å². The first-order chi connectivity index (χ1) is 26.8. The zero-order valence-electron chi connectivity index (χ0n) is 35.1. The Kier molecular flexibility index (Phi) is 17.0. The number of hydrogen-bond donors (Lipinski definition) is 0. The second kappa shape index (κ2) is 21.4. The van der Waals surface area contributed by atoms with Crippen molar-refractivity contribution in [1.29, 1.82) is 0 Å². The maximum Gasteiger partial charge on any atom is 0.308 e. The Labute approximate surface area is 338 Å². The number of carbonyl (C=O) groups is 2. The first-order valence-corrected chi connectivity index (χ1v) is 26.5. The molecule has 5 rings (SSSR count). The van der Waals surface area contributed by atoms with E-state index in [1.807, 2.05) is 60.7 Å². The average molecular weight is 797 g/mol. The quantitative estimate of drug-likeness (QED) is 0.0455. The lowest BCUT2D eigenvalue weighted by atomic mass is 9.65. The van der Waals surface area contributed by atoms with Crippen LogP contribution in [-0.4, -0.2) is 42.8 Å². The zero-order chi connectivity index (χ0) is 40.6. The molecule has 1 aliphatic rings. The Morgan fingerprint density at radius 2 is 1.04 bits per heavy atom. The summed E-state index contributed by atoms with van der Waals surface area (Å²) < 4.78 is 28.1. The van der Waals surface area contributed by atoms with Crippen LogP contribution in [0.5, 0.6) is 23.0 Å². The van der Waals surface area contributed by atoms with E-state index in [0.29, 0.717) is 11.5 Å². The molecule has 1 fully saturated rings. The molecule has 1 aliphatic carbocycles. The highest BCUT2D eigenvalue weighted by molar-refractivity contribution is 6.84. The fraction of sp³-hybridized carbons (Fsp3) is 0.447. The van der Waals surface area contributed by atoms with Gasteiger partial charge in [0.1, 0.15) is 23.0 Å². The Morgan fingerprint density at radius 3 is 1.57 bits per heavy atom. The second-order valence-corrected chi connectivity index (χ2v) is 25.0. The van der Waals surface area contributed by atoms with E-state index in [-0.39, 0.29) is 17.4 Å². The highest BCUT2D eigenvalue weighted by atomic mass is 28.4. The fourth-order valence-corrected chi connectivity index (χ4v) is 17.0. The number of hydrogen-bond acceptors (Lipinski definition) is 7. The lowest BCUT2D eigenvalue weighted by Crippen LogP contribution is -2.44. The zero-order valence-corrected chi connectivity index (χ0v) is 37.1. The highest BCUT2D eigenvalue weighted by Gasteiger charge is 2.36. The summed E-state index contributed by atoms with van der Waals surface area (Å²) in [6.45, 7) is 12.3. The molecule has 56 heavy (non-hydrogen) atoms. The van der Waals surface area contributed by atoms with Gasteiger partial charge in [-0.3, -0.25) is 9.59 Å². The van der Waals surface area contributed by atoms with Crippen LogP contribution in [-0.2, 0) is 32.0 Å². The van der Waals surface area contributed by atoms with Crippen molar-refractivity contribution in [3.05, 3.63) is 119 Å². The molecule has 0 N–H and O–H groups in total. The first-order valence-electron chi connectivity index (χ1n) is 20.3. The molecule has 0 saturated heterocycles. The van der Waals surface area contributed by atoms with Crippen molar-refractivity contribution in [2.24, 2.45) is 0 Å². The van der Waals surface area contributed by atoms with Gasteiger partial charge in [0.25, 0.3) is 0 Å². The second-order valence-electron chi connectivity index (χ2n) is 16.2. The summed E-state index contributed by atoms with van der Waals surface area (Å²) in [5, 5.41) is 0. The third-order valence-electron chi connectivity index (χ3n) is 10.7. The number of ether oxygens (including phenoxy) is 4. The topological polar surface area (TPSA) is 80.3 Å². The standard InChI is InChI=1S/C26H40O4Si2.C21H24O3/c1-22(27)29-26-19-10-8-15-24(26)17-13-21-32(5,6)30-31(3,4)20-12-11-16-23-14-7-9-18-25(23)28-2;1-16(22)24-20-12-8-18(9-13-20)21(14-4-3-5-15-21)17-6-10-19(23-2)11-7-17/h7-10,14-15,18-19H,11-13,16-17,20-21H2,1-6H3;6-13H,3-5,14-15H2,1-2H3. The van der Waals surface area contributed by atoms with Crippen molar-refractivity contribution in [3.63, 3.8) is 0 Å². The van der Waals surface area contributed by atoms with Crippen molar-refractivity contribution in [2.45, 2.75) is 122 Å². The molecular weight excluding hydrogens is 733 g/mol. The summed E-state index contributed by atoms with van der Waals surface area (Å²) in [6.07, 6.45) is 11.4. The van der Waals surface area contributed by atoms with Crippen molar-refractivity contribution >= 4 is 28.6 Å². The summed E-state index contributed by atoms with van der Waals surface area (Å²) in [4.78, 5) is 22.4. The van der Waals surface area contributed by atoms with Crippen LogP contribution in [0.25, 0.3) is 0 Å². The van der Waals surface area contributed by atoms with Gasteiger partial charge in [-0.05, 0) is 135 Å². The summed E-state index contributed by atoms with van der Waals surface area (Å²) in [6, 6.07) is 34.9. The molecule has 0 amide bonds. The van der Waals surface area contributed by atoms with E-state index >= 15 is 0 Å². The van der Waals surface area contributed by atoms with E-state index in [1.54, 1.807) is 14.2 Å². The Bertz CT molecular complexity index is 1810. The van der Waals surface area contributed by atoms with Crippen LogP contribution in [0, 0.1) is 0 Å². The molecule has 0 spiro atoms. The third kappa shape index (κ3) is 13.8. The number of unbranched alkanes of at least 4 members (excludes halogenated alkanes) is 1. The van der Waals surface area contributed by atoms with Gasteiger partial charge >= 0.3 is 11.9 Å². The van der Waals surface area contributed by atoms with Crippen LogP contribution in [0.15, 0.2) is 97.1 Å². The molecule has 0 radical (unpaired) electrons. The van der Waals surface area contributed by atoms with Crippen molar-refractivity contribution in [2.75, 3.05) is 14.2 Å². The Morgan fingerprint density at radius 1 is 0.554 bits per heavy atom. The number of aryl methyl sites for hydroxylation is 2. The van der Waals surface area contributed by atoms with Gasteiger partial charge in [0.15, 0.2) is 16.6 Å². The summed E-state index contributed by atoms with van der Waals surface area (Å²) >= 11 is 0.